The Balaban J connectivity index is 1.10. The average Bonchev–Trinajstić information content (AvgIpc) is 3.23. The van der Waals surface area contributed by atoms with E-state index in [1.165, 1.54) is 18.2 Å². The van der Waals surface area contributed by atoms with Crippen LogP contribution >= 0.6 is 0 Å². The maximum absolute atomic E-state index is 13.8. The largest absolute Gasteiger partial charge is 0.445 e. The number of nitro benzene ring substituents is 1. The minimum absolute atomic E-state index is 0.0198. The number of nitro groups is 2. The summed E-state index contributed by atoms with van der Waals surface area (Å²) in [4.78, 5) is 66.8. The number of rotatable bonds is 24. The number of alkyl carbamates (subject to hydrolysis) is 1. The van der Waals surface area contributed by atoms with Gasteiger partial charge in [0.15, 0.2) is 5.03 Å². The normalized spacial score (nSPS) is 13.8. The molecule has 20 heteroatoms. The molecule has 60 heavy (non-hydrogen) atoms. The molecular weight excluding hydrogens is 799 g/mol. The molecule has 0 saturated carbocycles. The molecule has 3 aromatic rings. The zero-order valence-electron chi connectivity index (χ0n) is 33.7. The van der Waals surface area contributed by atoms with Gasteiger partial charge in [0.2, 0.25) is 21.8 Å². The second kappa shape index (κ2) is 24.3. The number of hydrogen-bond acceptors (Lipinski definition) is 11. The molecule has 0 aromatic heterocycles. The predicted molar refractivity (Wildman–Crippen MR) is 225 cm³/mol. The van der Waals surface area contributed by atoms with E-state index in [0.717, 1.165) is 63.2 Å². The van der Waals surface area contributed by atoms with Crippen LogP contribution in [0.25, 0.3) is 10.8 Å². The molecule has 1 fully saturated rings. The van der Waals surface area contributed by atoms with Crippen LogP contribution in [-0.2, 0) is 31.0 Å². The lowest BCUT2D eigenvalue weighted by atomic mass is 10.1. The first kappa shape index (κ1) is 46.8. The number of fused-ring (bicyclic) bond motifs is 1. The van der Waals surface area contributed by atoms with Crippen LogP contribution in [0.1, 0.15) is 82.6 Å². The van der Waals surface area contributed by atoms with Crippen LogP contribution in [0.2, 0.25) is 0 Å². The summed E-state index contributed by atoms with van der Waals surface area (Å²) in [7, 11) is -4.16. The van der Waals surface area contributed by atoms with E-state index in [1.807, 2.05) is 0 Å². The van der Waals surface area contributed by atoms with Crippen molar-refractivity contribution < 1.29 is 37.5 Å². The molecule has 19 nitrogen and oxygen atoms in total. The molecule has 0 aliphatic carbocycles. The lowest BCUT2D eigenvalue weighted by Gasteiger charge is -2.36. The molecule has 3 aromatic carbocycles. The standard InChI is InChI=1S/C40H55N9O10S/c41-39(44-49(55)56)42-25-13-17-35(45-60(57,58)36-18-12-15-32-14-9-10-16-34(32)36)38(51)47-28-26-46(27-29-47)37(50)19-8-6-4-2-1-3-5-7-11-24-43-40(52)59-30-31-20-22-33(23-21-31)48(53)54/h9-10,12,14-16,18,20-23,35,45H,1-8,11,13,17,19,24-30H2,(H,43,52)(H3,41,42,44)/t35-/m0/s1. The summed E-state index contributed by atoms with van der Waals surface area (Å²) in [5, 5.41) is 24.5. The summed E-state index contributed by atoms with van der Waals surface area (Å²) in [5.41, 5.74) is 7.90. The van der Waals surface area contributed by atoms with Gasteiger partial charge < -0.3 is 25.6 Å². The topological polar surface area (TPSA) is 262 Å². The van der Waals surface area contributed by atoms with Gasteiger partial charge in [0, 0.05) is 63.2 Å². The first-order valence-electron chi connectivity index (χ1n) is 20.3. The van der Waals surface area contributed by atoms with Crippen LogP contribution in [0.5, 0.6) is 0 Å². The highest BCUT2D eigenvalue weighted by Crippen LogP contribution is 2.24. The number of aliphatic imine (C=N–C) groups is 1. The van der Waals surface area contributed by atoms with Gasteiger partial charge in [-0.15, -0.1) is 0 Å². The summed E-state index contributed by atoms with van der Waals surface area (Å²) in [6.07, 6.45) is 9.01. The number of nitrogens with two attached hydrogens (primary N) is 1. The van der Waals surface area contributed by atoms with Crippen molar-refractivity contribution in [3.63, 3.8) is 0 Å². The highest BCUT2D eigenvalue weighted by Gasteiger charge is 2.32. The minimum Gasteiger partial charge on any atom is -0.445 e. The molecule has 0 unspecified atom stereocenters. The summed E-state index contributed by atoms with van der Waals surface area (Å²) in [6.45, 7) is 1.73. The number of hydrogen-bond donors (Lipinski definition) is 4. The molecule has 326 valence electrons. The van der Waals surface area contributed by atoms with Gasteiger partial charge in [-0.25, -0.2) is 28.3 Å². The zero-order valence-corrected chi connectivity index (χ0v) is 34.5. The van der Waals surface area contributed by atoms with E-state index in [4.69, 9.17) is 10.5 Å². The predicted octanol–water partition coefficient (Wildman–Crippen LogP) is 4.77. The van der Waals surface area contributed by atoms with Crippen LogP contribution in [-0.4, -0.2) is 97.4 Å². The Morgan fingerprint density at radius 3 is 2.08 bits per heavy atom. The highest BCUT2D eigenvalue weighted by atomic mass is 32.2. The van der Waals surface area contributed by atoms with Gasteiger partial charge in [-0.2, -0.15) is 4.72 Å². The van der Waals surface area contributed by atoms with E-state index in [-0.39, 0.29) is 55.6 Å². The van der Waals surface area contributed by atoms with Gasteiger partial charge >= 0.3 is 6.09 Å². The molecule has 0 radical (unpaired) electrons. The van der Waals surface area contributed by atoms with E-state index in [2.05, 4.69) is 15.0 Å². The monoisotopic (exact) mass is 853 g/mol. The van der Waals surface area contributed by atoms with Crippen LogP contribution < -0.4 is 21.2 Å². The van der Waals surface area contributed by atoms with Crippen LogP contribution in [0.4, 0.5) is 10.5 Å². The quantitative estimate of drug-likeness (QED) is 0.0312. The summed E-state index contributed by atoms with van der Waals surface area (Å²) in [6, 6.07) is 16.6. The molecule has 1 saturated heterocycles. The fourth-order valence-corrected chi connectivity index (χ4v) is 8.29. The lowest BCUT2D eigenvalue weighted by molar-refractivity contribution is -0.525. The summed E-state index contributed by atoms with van der Waals surface area (Å²) < 4.78 is 35.1. The molecule has 1 aliphatic rings. The number of amides is 3. The van der Waals surface area contributed by atoms with Crippen molar-refractivity contribution in [3.05, 3.63) is 92.5 Å². The lowest BCUT2D eigenvalue weighted by Crippen LogP contribution is -2.55. The number of carbonyl (C=O) groups is 3. The van der Waals surface area contributed by atoms with Crippen LogP contribution in [0.3, 0.4) is 0 Å². The van der Waals surface area contributed by atoms with Crippen molar-refractivity contribution in [3.8, 4) is 0 Å². The third kappa shape index (κ3) is 15.7. The van der Waals surface area contributed by atoms with Crippen molar-refractivity contribution >= 4 is 50.4 Å². The van der Waals surface area contributed by atoms with Crippen LogP contribution in [0.15, 0.2) is 76.6 Å². The fraction of sp³-hybridized carbons (Fsp3) is 0.500. The first-order chi connectivity index (χ1) is 28.8. The molecule has 1 atom stereocenters. The smallest absolute Gasteiger partial charge is 0.407 e. The number of nitrogens with one attached hydrogen (secondary N) is 3. The fourth-order valence-electron chi connectivity index (χ4n) is 6.84. The number of carbonyl (C=O) groups excluding carboxylic acids is 3. The van der Waals surface area contributed by atoms with E-state index < -0.39 is 44.0 Å². The van der Waals surface area contributed by atoms with Gasteiger partial charge in [0.25, 0.3) is 11.6 Å². The molecule has 0 spiro atoms. The second-order valence-electron chi connectivity index (χ2n) is 14.5. The minimum atomic E-state index is -4.16. The number of sulfonamides is 1. The molecular formula is C40H55N9O10S. The first-order valence-corrected chi connectivity index (χ1v) is 21.7. The molecule has 1 aliphatic heterocycles. The maximum atomic E-state index is 13.8. The Bertz CT molecular complexity index is 2040. The van der Waals surface area contributed by atoms with Gasteiger partial charge in [0.05, 0.1) is 9.82 Å². The average molecular weight is 854 g/mol. The number of ether oxygens (including phenoxy) is 1. The van der Waals surface area contributed by atoms with Crippen molar-refractivity contribution in [2.75, 3.05) is 39.3 Å². The number of piperazine rings is 1. The third-order valence-corrected chi connectivity index (χ3v) is 11.6. The SMILES string of the molecule is NC(=NCCC[C@H](NS(=O)(=O)c1cccc2ccccc12)C(=O)N1CCN(C(=O)CCCCCCCCCCCNC(=O)OCc2ccc([N+](=O)[O-])cc2)CC1)N[N+](=O)[O-]. The van der Waals surface area contributed by atoms with Gasteiger partial charge in [0.1, 0.15) is 12.6 Å². The Hall–Kier alpha value is -5.89. The van der Waals surface area contributed by atoms with E-state index in [9.17, 15) is 43.0 Å². The molecule has 0 bridgehead atoms. The van der Waals surface area contributed by atoms with Crippen LogP contribution in [0, 0.1) is 20.2 Å². The van der Waals surface area contributed by atoms with Crippen molar-refractivity contribution in [1.29, 1.82) is 0 Å². The van der Waals surface area contributed by atoms with E-state index in [0.29, 0.717) is 37.0 Å². The van der Waals surface area contributed by atoms with Gasteiger partial charge in [-0.3, -0.25) is 19.7 Å². The Labute approximate surface area is 349 Å². The second-order valence-corrected chi connectivity index (χ2v) is 16.2. The zero-order chi connectivity index (χ0) is 43.3. The number of guanidine groups is 1. The molecule has 3 amide bonds. The van der Waals surface area contributed by atoms with Gasteiger partial charge in [-0.1, -0.05) is 86.8 Å². The van der Waals surface area contributed by atoms with Crippen molar-refractivity contribution in [2.24, 2.45) is 10.7 Å². The Morgan fingerprint density at radius 2 is 1.42 bits per heavy atom. The van der Waals surface area contributed by atoms with Gasteiger partial charge in [-0.05, 0) is 54.8 Å². The number of benzene rings is 3. The van der Waals surface area contributed by atoms with E-state index in [1.54, 1.807) is 63.8 Å². The maximum Gasteiger partial charge on any atom is 0.407 e. The summed E-state index contributed by atoms with van der Waals surface area (Å²) in [5.74, 6) is -0.808. The molecule has 5 N–H and O–H groups in total. The Kier molecular flexibility index (Phi) is 18.9. The number of unbranched alkanes of at least 4 members (excludes halogenated alkanes) is 8. The van der Waals surface area contributed by atoms with Crippen molar-refractivity contribution in [1.82, 2.24) is 25.3 Å². The highest BCUT2D eigenvalue weighted by molar-refractivity contribution is 7.89. The number of hydrazine groups is 1. The van der Waals surface area contributed by atoms with E-state index >= 15 is 0 Å². The molecule has 4 rings (SSSR count). The third-order valence-electron chi connectivity index (χ3n) is 10.1. The molecule has 1 heterocycles. The summed E-state index contributed by atoms with van der Waals surface area (Å²) >= 11 is 0. The number of non-ortho nitro benzene ring substituents is 1. The van der Waals surface area contributed by atoms with Crippen molar-refractivity contribution in [2.45, 2.75) is 94.6 Å². The number of nitrogens with zero attached hydrogens (tertiary/aromatic N) is 5. The Morgan fingerprint density at radius 1 is 0.800 bits per heavy atom.